The van der Waals surface area contributed by atoms with E-state index in [1.165, 1.54) is 12.8 Å². The van der Waals surface area contributed by atoms with E-state index in [1.807, 2.05) is 37.3 Å². The van der Waals surface area contributed by atoms with E-state index in [-0.39, 0.29) is 11.7 Å². The van der Waals surface area contributed by atoms with E-state index >= 15 is 0 Å². The van der Waals surface area contributed by atoms with Crippen LogP contribution >= 0.6 is 0 Å². The molecule has 0 bridgehead atoms. The van der Waals surface area contributed by atoms with Crippen LogP contribution in [-0.2, 0) is 11.2 Å². The van der Waals surface area contributed by atoms with Gasteiger partial charge in [0.25, 0.3) is 0 Å². The molecule has 2 heterocycles. The van der Waals surface area contributed by atoms with Crippen LogP contribution < -0.4 is 10.6 Å². The first-order valence-electron chi connectivity index (χ1n) is 10.5. The Hall–Kier alpha value is -3.12. The molecule has 30 heavy (non-hydrogen) atoms. The van der Waals surface area contributed by atoms with Gasteiger partial charge in [-0.05, 0) is 68.2 Å². The van der Waals surface area contributed by atoms with Gasteiger partial charge in [0, 0.05) is 42.1 Å². The zero-order valence-electron chi connectivity index (χ0n) is 17.3. The van der Waals surface area contributed by atoms with Gasteiger partial charge in [-0.2, -0.15) is 0 Å². The smallest absolute Gasteiger partial charge is 0.224 e. The fourth-order valence-corrected chi connectivity index (χ4v) is 3.91. The number of aromatic hydroxyl groups is 1. The molecule has 1 aliphatic rings. The summed E-state index contributed by atoms with van der Waals surface area (Å²) in [6.07, 6.45) is 4.62. The van der Waals surface area contributed by atoms with Crippen molar-refractivity contribution in [2.75, 3.05) is 31.5 Å². The largest absolute Gasteiger partial charge is 0.508 e. The van der Waals surface area contributed by atoms with E-state index in [1.54, 1.807) is 18.3 Å². The molecule has 1 fully saturated rings. The fourth-order valence-electron chi connectivity index (χ4n) is 3.91. The quantitative estimate of drug-likeness (QED) is 0.559. The monoisotopic (exact) mass is 404 g/mol. The van der Waals surface area contributed by atoms with Crippen LogP contribution in [0.3, 0.4) is 0 Å². The van der Waals surface area contributed by atoms with Crippen molar-refractivity contribution in [3.63, 3.8) is 0 Å². The van der Waals surface area contributed by atoms with Crippen LogP contribution in [0.5, 0.6) is 5.75 Å². The number of aryl methyl sites for hydroxylation is 1. The number of hydrogen-bond acceptors (Lipinski definition) is 5. The molecule has 1 aliphatic heterocycles. The highest BCUT2D eigenvalue weighted by molar-refractivity contribution is 5.94. The van der Waals surface area contributed by atoms with Crippen molar-refractivity contribution in [3.05, 3.63) is 59.8 Å². The summed E-state index contributed by atoms with van der Waals surface area (Å²) in [6.45, 7) is 5.88. The average molecular weight is 405 g/mol. The highest BCUT2D eigenvalue weighted by Crippen LogP contribution is 2.29. The Balaban J connectivity index is 1.46. The van der Waals surface area contributed by atoms with Crippen LogP contribution in [0.4, 0.5) is 11.4 Å². The number of anilines is 2. The van der Waals surface area contributed by atoms with Gasteiger partial charge in [-0.3, -0.25) is 9.78 Å². The van der Waals surface area contributed by atoms with Gasteiger partial charge in [0.15, 0.2) is 0 Å². The number of rotatable bonds is 7. The molecule has 0 saturated carbocycles. The first-order chi connectivity index (χ1) is 14.6. The molecule has 0 radical (unpaired) electrons. The van der Waals surface area contributed by atoms with Crippen molar-refractivity contribution in [2.24, 2.45) is 0 Å². The Morgan fingerprint density at radius 1 is 1.10 bits per heavy atom. The summed E-state index contributed by atoms with van der Waals surface area (Å²) in [5, 5.41) is 17.2. The second-order valence-electron chi connectivity index (χ2n) is 7.91. The molecular weight excluding hydrogens is 376 g/mol. The van der Waals surface area contributed by atoms with Crippen molar-refractivity contribution in [1.29, 1.82) is 0 Å². The molecule has 0 atom stereocenters. The molecule has 6 heteroatoms. The van der Waals surface area contributed by atoms with Gasteiger partial charge in [0.2, 0.25) is 5.91 Å². The lowest BCUT2D eigenvalue weighted by Crippen LogP contribution is -2.34. The first kappa shape index (κ1) is 20.2. The van der Waals surface area contributed by atoms with Gasteiger partial charge in [-0.25, -0.2) is 0 Å². The van der Waals surface area contributed by atoms with Gasteiger partial charge in [-0.15, -0.1) is 0 Å². The molecule has 156 valence electrons. The van der Waals surface area contributed by atoms with Crippen molar-refractivity contribution in [2.45, 2.75) is 26.2 Å². The summed E-state index contributed by atoms with van der Waals surface area (Å²) in [5.74, 6) is 0.253. The summed E-state index contributed by atoms with van der Waals surface area (Å²) in [6, 6.07) is 13.1. The predicted molar refractivity (Wildman–Crippen MR) is 120 cm³/mol. The molecule has 1 aromatic heterocycles. The highest BCUT2D eigenvalue weighted by atomic mass is 16.3. The molecule has 0 spiro atoms. The number of fused-ring (bicyclic) bond motifs is 1. The van der Waals surface area contributed by atoms with E-state index in [0.29, 0.717) is 13.0 Å². The maximum absolute atomic E-state index is 12.4. The molecule has 6 nitrogen and oxygen atoms in total. The van der Waals surface area contributed by atoms with Crippen molar-refractivity contribution in [3.8, 4) is 5.75 Å². The van der Waals surface area contributed by atoms with Crippen LogP contribution in [0, 0.1) is 6.92 Å². The summed E-state index contributed by atoms with van der Waals surface area (Å²) in [4.78, 5) is 19.2. The van der Waals surface area contributed by atoms with Gasteiger partial charge >= 0.3 is 0 Å². The van der Waals surface area contributed by atoms with Gasteiger partial charge in [-0.1, -0.05) is 12.1 Å². The number of carbonyl (C=O) groups is 1. The minimum absolute atomic E-state index is 0.0378. The van der Waals surface area contributed by atoms with E-state index in [0.717, 1.165) is 53.0 Å². The number of benzene rings is 2. The minimum atomic E-state index is 0.0378. The third kappa shape index (κ3) is 4.89. The Labute approximate surface area is 176 Å². The molecule has 2 aromatic carbocycles. The Kier molecular flexibility index (Phi) is 6.14. The number of aromatic nitrogens is 1. The number of phenols is 1. The molecule has 0 unspecified atom stereocenters. The lowest BCUT2D eigenvalue weighted by molar-refractivity contribution is -0.120. The van der Waals surface area contributed by atoms with Crippen LogP contribution in [0.15, 0.2) is 48.7 Å². The van der Waals surface area contributed by atoms with E-state index < -0.39 is 0 Å². The zero-order chi connectivity index (χ0) is 20.9. The number of nitrogens with zero attached hydrogens (tertiary/aromatic N) is 2. The van der Waals surface area contributed by atoms with Gasteiger partial charge in [0.05, 0.1) is 11.9 Å². The van der Waals surface area contributed by atoms with Crippen LogP contribution in [0.1, 0.15) is 24.0 Å². The number of nitrogens with one attached hydrogen (secondary N) is 2. The molecule has 3 N–H and O–H groups in total. The normalized spacial score (nSPS) is 14.2. The number of amides is 1. The zero-order valence-corrected chi connectivity index (χ0v) is 17.3. The van der Waals surface area contributed by atoms with Crippen molar-refractivity contribution < 1.29 is 9.90 Å². The molecular formula is C24H28N4O2. The summed E-state index contributed by atoms with van der Waals surface area (Å²) < 4.78 is 0. The number of carbonyl (C=O) groups excluding carboxylic acids is 1. The van der Waals surface area contributed by atoms with Crippen molar-refractivity contribution >= 4 is 28.2 Å². The van der Waals surface area contributed by atoms with E-state index in [2.05, 4.69) is 20.5 Å². The van der Waals surface area contributed by atoms with Crippen molar-refractivity contribution in [1.82, 2.24) is 15.2 Å². The van der Waals surface area contributed by atoms with Crippen LogP contribution in [0.25, 0.3) is 10.9 Å². The standard InChI is InChI=1S/C24H28N4O2/c1-17-4-6-19(29)16-23(17)27-22-8-9-25-21-7-5-18(14-20(21)22)15-24(30)26-10-13-28-11-2-3-12-28/h4-9,14,16,29H,2-3,10-13,15H2,1H3,(H,25,27)(H,26,30). The second-order valence-corrected chi connectivity index (χ2v) is 7.91. The lowest BCUT2D eigenvalue weighted by atomic mass is 10.1. The number of pyridine rings is 1. The number of hydrogen-bond donors (Lipinski definition) is 3. The van der Waals surface area contributed by atoms with E-state index in [9.17, 15) is 9.90 Å². The minimum Gasteiger partial charge on any atom is -0.508 e. The summed E-state index contributed by atoms with van der Waals surface area (Å²) in [7, 11) is 0. The molecule has 1 amide bonds. The second kappa shape index (κ2) is 9.13. The summed E-state index contributed by atoms with van der Waals surface area (Å²) >= 11 is 0. The Morgan fingerprint density at radius 2 is 1.93 bits per heavy atom. The number of likely N-dealkylation sites (tertiary alicyclic amines) is 1. The molecule has 0 aliphatic carbocycles. The summed E-state index contributed by atoms with van der Waals surface area (Å²) in [5.41, 5.74) is 4.57. The third-order valence-corrected chi connectivity index (χ3v) is 5.61. The Morgan fingerprint density at radius 3 is 2.77 bits per heavy atom. The topological polar surface area (TPSA) is 77.5 Å². The maximum Gasteiger partial charge on any atom is 0.224 e. The lowest BCUT2D eigenvalue weighted by Gasteiger charge is -2.15. The highest BCUT2D eigenvalue weighted by Gasteiger charge is 2.12. The fraction of sp³-hybridized carbons (Fsp3) is 0.333. The maximum atomic E-state index is 12.4. The van der Waals surface area contributed by atoms with Crippen LogP contribution in [0.2, 0.25) is 0 Å². The Bertz CT molecular complexity index is 1040. The molecule has 1 saturated heterocycles. The first-order valence-corrected chi connectivity index (χ1v) is 10.5. The molecule has 4 rings (SSSR count). The van der Waals surface area contributed by atoms with Gasteiger partial charge in [0.1, 0.15) is 5.75 Å². The van der Waals surface area contributed by atoms with Gasteiger partial charge < -0.3 is 20.6 Å². The average Bonchev–Trinajstić information content (AvgIpc) is 3.25. The van der Waals surface area contributed by atoms with Crippen LogP contribution in [-0.4, -0.2) is 47.1 Å². The SMILES string of the molecule is Cc1ccc(O)cc1Nc1ccnc2ccc(CC(=O)NCCN3CCCC3)cc12. The predicted octanol–water partition coefficient (Wildman–Crippen LogP) is 3.75. The molecule has 3 aromatic rings. The third-order valence-electron chi connectivity index (χ3n) is 5.61. The number of phenolic OH excluding ortho intramolecular Hbond substituents is 1. The van der Waals surface area contributed by atoms with E-state index in [4.69, 9.17) is 0 Å².